The summed E-state index contributed by atoms with van der Waals surface area (Å²) >= 11 is 9.66. The molecule has 1 aliphatic carbocycles. The number of hydrogen-bond acceptors (Lipinski definition) is 3. The Balaban J connectivity index is 1.89. The van der Waals surface area contributed by atoms with Crippen LogP contribution in [0.15, 0.2) is 22.7 Å². The maximum atomic E-state index is 6.09. The van der Waals surface area contributed by atoms with Crippen molar-refractivity contribution < 1.29 is 4.74 Å². The van der Waals surface area contributed by atoms with Gasteiger partial charge >= 0.3 is 0 Å². The molecular weight excluding hydrogens is 340 g/mol. The highest BCUT2D eigenvalue weighted by atomic mass is 79.9. The van der Waals surface area contributed by atoms with E-state index in [1.165, 1.54) is 12.8 Å². The predicted molar refractivity (Wildman–Crippen MR) is 87.1 cm³/mol. The Bertz CT molecular complexity index is 440. The van der Waals surface area contributed by atoms with E-state index in [1.807, 2.05) is 18.2 Å². The molecule has 1 aliphatic rings. The van der Waals surface area contributed by atoms with Crippen molar-refractivity contribution >= 4 is 27.5 Å². The quantitative estimate of drug-likeness (QED) is 0.721. The van der Waals surface area contributed by atoms with E-state index in [-0.39, 0.29) is 6.04 Å². The fourth-order valence-corrected chi connectivity index (χ4v) is 2.90. The minimum Gasteiger partial charge on any atom is -0.380 e. The van der Waals surface area contributed by atoms with Crippen molar-refractivity contribution in [1.29, 1.82) is 0 Å². The summed E-state index contributed by atoms with van der Waals surface area (Å²) in [6.45, 7) is 3.08. The fraction of sp³-hybridized carbons (Fsp3) is 0.600. The lowest BCUT2D eigenvalue weighted by molar-refractivity contribution is 0.0922. The van der Waals surface area contributed by atoms with E-state index in [9.17, 15) is 0 Å². The Labute approximate surface area is 134 Å². The Hall–Kier alpha value is -0.130. The van der Waals surface area contributed by atoms with Gasteiger partial charge in [-0.05, 0) is 49.6 Å². The van der Waals surface area contributed by atoms with Crippen LogP contribution in [-0.4, -0.2) is 38.3 Å². The van der Waals surface area contributed by atoms with Gasteiger partial charge in [-0.2, -0.15) is 0 Å². The second-order valence-electron chi connectivity index (χ2n) is 5.42. The van der Waals surface area contributed by atoms with E-state index in [2.05, 4.69) is 27.9 Å². The second kappa shape index (κ2) is 7.76. The van der Waals surface area contributed by atoms with Crippen LogP contribution in [0.2, 0.25) is 5.02 Å². The zero-order valence-electron chi connectivity index (χ0n) is 11.8. The smallest absolute Gasteiger partial charge is 0.0593 e. The van der Waals surface area contributed by atoms with Crippen LogP contribution in [0, 0.1) is 5.92 Å². The van der Waals surface area contributed by atoms with Gasteiger partial charge in [0.25, 0.3) is 0 Å². The zero-order valence-corrected chi connectivity index (χ0v) is 14.2. The number of halogens is 2. The third-order valence-electron chi connectivity index (χ3n) is 3.71. The van der Waals surface area contributed by atoms with Crippen LogP contribution < -0.4 is 5.73 Å². The van der Waals surface area contributed by atoms with Gasteiger partial charge in [0, 0.05) is 35.2 Å². The Morgan fingerprint density at radius 1 is 1.50 bits per heavy atom. The van der Waals surface area contributed by atoms with Gasteiger partial charge in [-0.3, -0.25) is 4.90 Å². The molecule has 3 nitrogen and oxygen atoms in total. The number of benzene rings is 1. The van der Waals surface area contributed by atoms with Crippen molar-refractivity contribution in [1.82, 2.24) is 4.90 Å². The maximum Gasteiger partial charge on any atom is 0.0593 e. The first-order valence-corrected chi connectivity index (χ1v) is 8.22. The summed E-state index contributed by atoms with van der Waals surface area (Å²) in [4.78, 5) is 2.23. The summed E-state index contributed by atoms with van der Waals surface area (Å²) in [5, 5.41) is 0.736. The molecule has 0 saturated heterocycles. The summed E-state index contributed by atoms with van der Waals surface area (Å²) in [5.41, 5.74) is 7.07. The Kier molecular flexibility index (Phi) is 6.30. The Morgan fingerprint density at radius 2 is 2.25 bits per heavy atom. The average Bonchev–Trinajstić information content (AvgIpc) is 3.24. The van der Waals surface area contributed by atoms with Gasteiger partial charge in [0.05, 0.1) is 6.61 Å². The van der Waals surface area contributed by atoms with E-state index >= 15 is 0 Å². The van der Waals surface area contributed by atoms with Crippen molar-refractivity contribution in [2.75, 3.05) is 33.4 Å². The van der Waals surface area contributed by atoms with Crippen molar-refractivity contribution in [3.05, 3.63) is 33.3 Å². The first kappa shape index (κ1) is 16.2. The molecule has 0 spiro atoms. The van der Waals surface area contributed by atoms with E-state index < -0.39 is 0 Å². The molecule has 2 N–H and O–H groups in total. The molecule has 0 amide bonds. The normalized spacial score (nSPS) is 16.6. The minimum atomic E-state index is 0.146. The van der Waals surface area contributed by atoms with Gasteiger partial charge in [0.2, 0.25) is 0 Å². The second-order valence-corrected chi connectivity index (χ2v) is 6.71. The molecule has 1 atom stereocenters. The molecule has 0 bridgehead atoms. The topological polar surface area (TPSA) is 38.5 Å². The number of nitrogens with zero attached hydrogens (tertiary/aromatic N) is 1. The van der Waals surface area contributed by atoms with Crippen LogP contribution in [0.4, 0.5) is 0 Å². The lowest BCUT2D eigenvalue weighted by Gasteiger charge is -2.28. The number of ether oxygens (including phenoxy) is 1. The van der Waals surface area contributed by atoms with Crippen LogP contribution in [-0.2, 0) is 4.74 Å². The van der Waals surface area contributed by atoms with Crippen molar-refractivity contribution in [3.63, 3.8) is 0 Å². The monoisotopic (exact) mass is 360 g/mol. The highest BCUT2D eigenvalue weighted by Crippen LogP contribution is 2.30. The molecule has 1 aromatic rings. The molecule has 1 aromatic carbocycles. The molecule has 5 heteroatoms. The molecule has 1 saturated carbocycles. The first-order chi connectivity index (χ1) is 9.61. The molecule has 1 unspecified atom stereocenters. The average molecular weight is 362 g/mol. The van der Waals surface area contributed by atoms with Crippen LogP contribution in [0.1, 0.15) is 24.4 Å². The van der Waals surface area contributed by atoms with Gasteiger partial charge in [-0.1, -0.05) is 27.5 Å². The summed E-state index contributed by atoms with van der Waals surface area (Å²) < 4.78 is 6.74. The standard InChI is InChI=1S/C15H22BrClN2O/c1-19(6-7-20-10-11-2-3-11)15(9-18)13-8-12(17)4-5-14(13)16/h4-5,8,11,15H,2-3,6-7,9-10,18H2,1H3. The fourth-order valence-electron chi connectivity index (χ4n) is 2.21. The molecule has 0 aromatic heterocycles. The first-order valence-electron chi connectivity index (χ1n) is 7.04. The molecule has 20 heavy (non-hydrogen) atoms. The van der Waals surface area contributed by atoms with Crippen molar-refractivity contribution in [2.45, 2.75) is 18.9 Å². The van der Waals surface area contributed by atoms with Gasteiger partial charge in [-0.15, -0.1) is 0 Å². The predicted octanol–water partition coefficient (Wildman–Crippen LogP) is 3.46. The Morgan fingerprint density at radius 3 is 2.90 bits per heavy atom. The van der Waals surface area contributed by atoms with Gasteiger partial charge < -0.3 is 10.5 Å². The zero-order chi connectivity index (χ0) is 14.5. The van der Waals surface area contributed by atoms with Gasteiger partial charge in [0.1, 0.15) is 0 Å². The molecule has 0 heterocycles. The molecule has 0 radical (unpaired) electrons. The van der Waals surface area contributed by atoms with Crippen LogP contribution in [0.25, 0.3) is 0 Å². The number of hydrogen-bond donors (Lipinski definition) is 1. The van der Waals surface area contributed by atoms with Crippen LogP contribution in [0.5, 0.6) is 0 Å². The SMILES string of the molecule is CN(CCOCC1CC1)C(CN)c1cc(Cl)ccc1Br. The lowest BCUT2D eigenvalue weighted by Crippen LogP contribution is -2.33. The van der Waals surface area contributed by atoms with Crippen molar-refractivity contribution in [2.24, 2.45) is 11.7 Å². The maximum absolute atomic E-state index is 6.09. The van der Waals surface area contributed by atoms with Gasteiger partial charge in [0.15, 0.2) is 0 Å². The lowest BCUT2D eigenvalue weighted by atomic mass is 10.1. The van der Waals surface area contributed by atoms with E-state index in [0.29, 0.717) is 6.54 Å². The van der Waals surface area contributed by atoms with Crippen LogP contribution in [0.3, 0.4) is 0 Å². The summed E-state index contributed by atoms with van der Waals surface area (Å²) in [6, 6.07) is 5.97. The van der Waals surface area contributed by atoms with Gasteiger partial charge in [-0.25, -0.2) is 0 Å². The third-order valence-corrected chi connectivity index (χ3v) is 4.67. The van der Waals surface area contributed by atoms with E-state index in [4.69, 9.17) is 22.1 Å². The number of rotatable bonds is 8. The molecule has 112 valence electrons. The largest absolute Gasteiger partial charge is 0.380 e. The highest BCUT2D eigenvalue weighted by molar-refractivity contribution is 9.10. The molecule has 2 rings (SSSR count). The minimum absolute atomic E-state index is 0.146. The van der Waals surface area contributed by atoms with Crippen molar-refractivity contribution in [3.8, 4) is 0 Å². The summed E-state index contributed by atoms with van der Waals surface area (Å²) in [6.07, 6.45) is 2.66. The molecule has 0 aliphatic heterocycles. The van der Waals surface area contributed by atoms with E-state index in [1.54, 1.807) is 0 Å². The highest BCUT2D eigenvalue weighted by Gasteiger charge is 2.22. The molecule has 1 fully saturated rings. The third kappa shape index (κ3) is 4.71. The summed E-state index contributed by atoms with van der Waals surface area (Å²) in [7, 11) is 2.07. The van der Waals surface area contributed by atoms with E-state index in [0.717, 1.165) is 40.7 Å². The molecular formula is C15H22BrClN2O. The summed E-state index contributed by atoms with van der Waals surface area (Å²) in [5.74, 6) is 0.813. The number of nitrogens with two attached hydrogens (primary N) is 1. The number of likely N-dealkylation sites (N-methyl/N-ethyl adjacent to an activating group) is 1. The van der Waals surface area contributed by atoms with Crippen LogP contribution >= 0.6 is 27.5 Å².